The van der Waals surface area contributed by atoms with Crippen molar-refractivity contribution in [2.45, 2.75) is 51.6 Å². The molecular formula is C15H23N. The molecule has 0 N–H and O–H groups in total. The summed E-state index contributed by atoms with van der Waals surface area (Å²) in [5, 5.41) is 0. The molecule has 0 bridgehead atoms. The van der Waals surface area contributed by atoms with Crippen LogP contribution in [-0.4, -0.2) is 18.0 Å². The molecule has 0 saturated heterocycles. The van der Waals surface area contributed by atoms with Crippen LogP contribution in [0.1, 0.15) is 43.2 Å². The first-order chi connectivity index (χ1) is 7.75. The molecule has 88 valence electrons. The lowest BCUT2D eigenvalue weighted by Crippen LogP contribution is -2.32. The molecule has 1 aromatic rings. The molecule has 1 fully saturated rings. The van der Waals surface area contributed by atoms with Gasteiger partial charge in [-0.25, -0.2) is 0 Å². The Kier molecular flexibility index (Phi) is 4.00. The molecule has 0 spiro atoms. The zero-order chi connectivity index (χ0) is 11.4. The molecule has 1 nitrogen and oxygen atoms in total. The van der Waals surface area contributed by atoms with Crippen molar-refractivity contribution in [3.8, 4) is 0 Å². The molecule has 0 aliphatic heterocycles. The van der Waals surface area contributed by atoms with E-state index in [1.165, 1.54) is 43.2 Å². The van der Waals surface area contributed by atoms with Crippen molar-refractivity contribution in [2.24, 2.45) is 0 Å². The molecule has 2 rings (SSSR count). The minimum atomic E-state index is 0.814. The van der Waals surface area contributed by atoms with Crippen LogP contribution < -0.4 is 0 Å². The highest BCUT2D eigenvalue weighted by atomic mass is 15.1. The lowest BCUT2D eigenvalue weighted by molar-refractivity contribution is 0.184. The molecule has 1 aliphatic rings. The minimum absolute atomic E-state index is 0.814. The van der Waals surface area contributed by atoms with Gasteiger partial charge in [0.15, 0.2) is 0 Å². The molecule has 0 radical (unpaired) electrons. The maximum absolute atomic E-state index is 2.54. The van der Waals surface area contributed by atoms with E-state index in [9.17, 15) is 0 Å². The first-order valence-corrected chi connectivity index (χ1v) is 6.51. The van der Waals surface area contributed by atoms with Crippen molar-refractivity contribution in [3.05, 3.63) is 35.4 Å². The van der Waals surface area contributed by atoms with E-state index in [1.807, 2.05) is 0 Å². The van der Waals surface area contributed by atoms with E-state index in [4.69, 9.17) is 0 Å². The van der Waals surface area contributed by atoms with Gasteiger partial charge in [0.05, 0.1) is 0 Å². The van der Waals surface area contributed by atoms with Crippen molar-refractivity contribution < 1.29 is 0 Å². The van der Waals surface area contributed by atoms with Crippen LogP contribution in [0.25, 0.3) is 0 Å². The van der Waals surface area contributed by atoms with Gasteiger partial charge in [0.25, 0.3) is 0 Å². The smallest absolute Gasteiger partial charge is 0.0233 e. The Bertz CT molecular complexity index is 326. The van der Waals surface area contributed by atoms with Crippen LogP contribution in [0.2, 0.25) is 0 Å². The van der Waals surface area contributed by atoms with E-state index in [0.717, 1.165) is 12.6 Å². The maximum Gasteiger partial charge on any atom is 0.0233 e. The molecule has 16 heavy (non-hydrogen) atoms. The zero-order valence-electron chi connectivity index (χ0n) is 10.6. The van der Waals surface area contributed by atoms with Crippen LogP contribution in [0.4, 0.5) is 0 Å². The van der Waals surface area contributed by atoms with Crippen LogP contribution >= 0.6 is 0 Å². The highest BCUT2D eigenvalue weighted by Gasteiger charge is 2.17. The van der Waals surface area contributed by atoms with Gasteiger partial charge in [-0.05, 0) is 32.4 Å². The summed E-state index contributed by atoms with van der Waals surface area (Å²) in [6.07, 6.45) is 7.06. The molecule has 1 heteroatoms. The van der Waals surface area contributed by atoms with E-state index in [1.54, 1.807) is 0 Å². The van der Waals surface area contributed by atoms with Gasteiger partial charge in [0.1, 0.15) is 0 Å². The van der Waals surface area contributed by atoms with Crippen molar-refractivity contribution in [1.29, 1.82) is 0 Å². The van der Waals surface area contributed by atoms with Gasteiger partial charge in [0.2, 0.25) is 0 Å². The summed E-state index contributed by atoms with van der Waals surface area (Å²) in [7, 11) is 2.28. The minimum Gasteiger partial charge on any atom is -0.299 e. The van der Waals surface area contributed by atoms with Crippen molar-refractivity contribution in [3.63, 3.8) is 0 Å². The van der Waals surface area contributed by atoms with Gasteiger partial charge in [-0.3, -0.25) is 4.90 Å². The third-order valence-corrected chi connectivity index (χ3v) is 3.71. The molecule has 0 atom stereocenters. The summed E-state index contributed by atoms with van der Waals surface area (Å²) in [6.45, 7) is 3.27. The standard InChI is InChI=1S/C15H23N/c1-13-7-6-8-14(11-13)12-16(2)15-9-4-3-5-10-15/h6-8,11,15H,3-5,9-10,12H2,1-2H3. The van der Waals surface area contributed by atoms with E-state index in [0.29, 0.717) is 0 Å². The van der Waals surface area contributed by atoms with Crippen LogP contribution in [0.3, 0.4) is 0 Å². The summed E-state index contributed by atoms with van der Waals surface area (Å²) >= 11 is 0. The van der Waals surface area contributed by atoms with Crippen LogP contribution in [0.5, 0.6) is 0 Å². The second-order valence-corrected chi connectivity index (χ2v) is 5.20. The van der Waals surface area contributed by atoms with Crippen LogP contribution in [0, 0.1) is 6.92 Å². The monoisotopic (exact) mass is 217 g/mol. The molecule has 0 unspecified atom stereocenters. The number of rotatable bonds is 3. The number of benzene rings is 1. The van der Waals surface area contributed by atoms with Crippen molar-refractivity contribution in [2.75, 3.05) is 7.05 Å². The molecule has 1 aliphatic carbocycles. The van der Waals surface area contributed by atoms with Crippen molar-refractivity contribution >= 4 is 0 Å². The zero-order valence-corrected chi connectivity index (χ0v) is 10.6. The highest BCUT2D eigenvalue weighted by molar-refractivity contribution is 5.22. The van der Waals surface area contributed by atoms with E-state index in [-0.39, 0.29) is 0 Å². The summed E-state index contributed by atoms with van der Waals surface area (Å²) < 4.78 is 0. The van der Waals surface area contributed by atoms with Gasteiger partial charge in [0, 0.05) is 12.6 Å². The van der Waals surface area contributed by atoms with E-state index >= 15 is 0 Å². The number of hydrogen-bond donors (Lipinski definition) is 0. The Morgan fingerprint density at radius 3 is 2.62 bits per heavy atom. The first-order valence-electron chi connectivity index (χ1n) is 6.51. The first kappa shape index (κ1) is 11.7. The second-order valence-electron chi connectivity index (χ2n) is 5.20. The van der Waals surface area contributed by atoms with Crippen molar-refractivity contribution in [1.82, 2.24) is 4.90 Å². The second kappa shape index (κ2) is 5.49. The average molecular weight is 217 g/mol. The Labute approximate surface area is 99.5 Å². The molecule has 0 heterocycles. The SMILES string of the molecule is Cc1cccc(CN(C)C2CCCCC2)c1. The summed E-state index contributed by atoms with van der Waals surface area (Å²) in [5.41, 5.74) is 2.82. The maximum atomic E-state index is 2.54. The number of nitrogens with zero attached hydrogens (tertiary/aromatic N) is 1. The molecule has 0 aromatic heterocycles. The Balaban J connectivity index is 1.93. The third kappa shape index (κ3) is 3.08. The molecular weight excluding hydrogens is 194 g/mol. The number of aryl methyl sites for hydroxylation is 1. The lowest BCUT2D eigenvalue weighted by atomic mass is 9.94. The number of hydrogen-bond acceptors (Lipinski definition) is 1. The summed E-state index contributed by atoms with van der Waals surface area (Å²) in [6, 6.07) is 9.70. The van der Waals surface area contributed by atoms with Gasteiger partial charge in [-0.1, -0.05) is 49.1 Å². The predicted molar refractivity (Wildman–Crippen MR) is 69.5 cm³/mol. The largest absolute Gasteiger partial charge is 0.299 e. The van der Waals surface area contributed by atoms with E-state index in [2.05, 4.69) is 43.1 Å². The van der Waals surface area contributed by atoms with Gasteiger partial charge in [-0.15, -0.1) is 0 Å². The third-order valence-electron chi connectivity index (χ3n) is 3.71. The molecule has 1 aromatic carbocycles. The van der Waals surface area contributed by atoms with Crippen LogP contribution in [0.15, 0.2) is 24.3 Å². The Hall–Kier alpha value is -0.820. The lowest BCUT2D eigenvalue weighted by Gasteiger charge is -2.31. The Morgan fingerprint density at radius 2 is 1.94 bits per heavy atom. The van der Waals surface area contributed by atoms with Gasteiger partial charge in [-0.2, -0.15) is 0 Å². The fraction of sp³-hybridized carbons (Fsp3) is 0.600. The quantitative estimate of drug-likeness (QED) is 0.745. The van der Waals surface area contributed by atoms with E-state index < -0.39 is 0 Å². The van der Waals surface area contributed by atoms with Gasteiger partial charge < -0.3 is 0 Å². The van der Waals surface area contributed by atoms with Crippen LogP contribution in [-0.2, 0) is 6.54 Å². The topological polar surface area (TPSA) is 3.24 Å². The van der Waals surface area contributed by atoms with Gasteiger partial charge >= 0.3 is 0 Å². The normalized spacial score (nSPS) is 17.9. The molecule has 0 amide bonds. The fourth-order valence-corrected chi connectivity index (χ4v) is 2.75. The molecule has 1 saturated carbocycles. The predicted octanol–water partition coefficient (Wildman–Crippen LogP) is 3.76. The summed E-state index contributed by atoms with van der Waals surface area (Å²) in [5.74, 6) is 0. The Morgan fingerprint density at radius 1 is 1.19 bits per heavy atom. The fourth-order valence-electron chi connectivity index (χ4n) is 2.75. The average Bonchev–Trinajstić information content (AvgIpc) is 2.30. The summed E-state index contributed by atoms with van der Waals surface area (Å²) in [4.78, 5) is 2.54. The highest BCUT2D eigenvalue weighted by Crippen LogP contribution is 2.22.